The van der Waals surface area contributed by atoms with E-state index in [1.54, 1.807) is 90.1 Å². The SMILES string of the molecule is CC(C)(C)[C@H](NC(=O)O)C(=O)N1CCC[C@@]1(C(N)=O)c1cccc(CN(Cc2cccc([C@]3(C(N)=O)CCCN3C(=O)[C@@H](NC(=O)O)C(C)(C)C)c2)c2ccc(F)cc2)c1. The highest BCUT2D eigenvalue weighted by Gasteiger charge is 2.54. The molecule has 3 aromatic rings. The van der Waals surface area contributed by atoms with Crippen LogP contribution in [-0.2, 0) is 43.3 Å². The highest BCUT2D eigenvalue weighted by atomic mass is 19.1. The molecule has 2 aliphatic heterocycles. The van der Waals surface area contributed by atoms with Gasteiger partial charge in [-0.3, -0.25) is 19.2 Å². The summed E-state index contributed by atoms with van der Waals surface area (Å²) in [7, 11) is 0. The lowest BCUT2D eigenvalue weighted by Crippen LogP contribution is -2.61. The third-order valence-electron chi connectivity index (χ3n) is 11.6. The van der Waals surface area contributed by atoms with E-state index in [0.29, 0.717) is 40.8 Å². The van der Waals surface area contributed by atoms with E-state index >= 15 is 0 Å². The first-order valence-electron chi connectivity index (χ1n) is 19.9. The summed E-state index contributed by atoms with van der Waals surface area (Å²) >= 11 is 0. The summed E-state index contributed by atoms with van der Waals surface area (Å²) in [6.07, 6.45) is -1.41. The predicted molar refractivity (Wildman–Crippen MR) is 222 cm³/mol. The van der Waals surface area contributed by atoms with Crippen LogP contribution in [0.15, 0.2) is 72.8 Å². The molecule has 15 nitrogen and oxygen atoms in total. The second kappa shape index (κ2) is 17.2. The van der Waals surface area contributed by atoms with Crippen molar-refractivity contribution in [1.29, 1.82) is 0 Å². The fraction of sp³-hybridized carbons (Fsp3) is 0.455. The van der Waals surface area contributed by atoms with Crippen LogP contribution in [0.3, 0.4) is 0 Å². The molecule has 5 rings (SSSR count). The standard InChI is InChI=1S/C44H56FN7O8/c1-41(2,3)33(48-39(57)58)35(53)51-21-9-19-43(51,37(46)55)29-13-7-11-27(23-29)25-50(32-17-15-31(45)16-18-32)26-28-12-8-14-30(24-28)44(38(47)56)20-10-22-52(44)36(54)34(42(4,5)6)49-40(59)60/h7-8,11-18,23-24,33-34,48-49H,9-10,19-22,25-26H2,1-6H3,(H2,46,55)(H2,47,56)(H,57,58)(H,59,60)/t33-,34-,43+,44+/m1/s1. The smallest absolute Gasteiger partial charge is 0.405 e. The Hall–Kier alpha value is -6.19. The molecule has 0 saturated carbocycles. The number of nitrogens with zero attached hydrogens (tertiary/aromatic N) is 3. The monoisotopic (exact) mass is 829 g/mol. The van der Waals surface area contributed by atoms with E-state index < -0.39 is 75.6 Å². The molecule has 16 heteroatoms. The van der Waals surface area contributed by atoms with E-state index in [2.05, 4.69) is 10.6 Å². The molecule has 0 unspecified atom stereocenters. The Labute approximate surface area is 349 Å². The van der Waals surface area contributed by atoms with Crippen LogP contribution in [0.5, 0.6) is 0 Å². The molecule has 2 aliphatic rings. The van der Waals surface area contributed by atoms with Crippen LogP contribution < -0.4 is 27.0 Å². The first kappa shape index (κ1) is 44.9. The topological polar surface area (TPSA) is 229 Å². The summed E-state index contributed by atoms with van der Waals surface area (Å²) in [5.41, 5.74) is 10.5. The number of hydrogen-bond donors (Lipinski definition) is 6. The average Bonchev–Trinajstić information content (AvgIpc) is 3.82. The molecular formula is C44H56FN7O8. The van der Waals surface area contributed by atoms with Crippen LogP contribution in [0.1, 0.15) is 89.5 Å². The Morgan fingerprint density at radius 3 is 1.40 bits per heavy atom. The Balaban J connectivity index is 1.53. The lowest BCUT2D eigenvalue weighted by molar-refractivity contribution is -0.147. The number of carboxylic acid groups (broad SMARTS) is 2. The molecule has 0 spiro atoms. The van der Waals surface area contributed by atoms with Crippen LogP contribution in [0.2, 0.25) is 0 Å². The molecule has 3 aromatic carbocycles. The molecule has 2 fully saturated rings. The zero-order chi connectivity index (χ0) is 44.4. The highest BCUT2D eigenvalue weighted by Crippen LogP contribution is 2.43. The highest BCUT2D eigenvalue weighted by molar-refractivity contribution is 5.96. The number of nitrogens with one attached hydrogen (secondary N) is 2. The first-order chi connectivity index (χ1) is 28.0. The molecule has 0 aromatic heterocycles. The maximum absolute atomic E-state index is 14.3. The van der Waals surface area contributed by atoms with E-state index in [0.717, 1.165) is 0 Å². The van der Waals surface area contributed by atoms with Crippen LogP contribution in [0, 0.1) is 16.6 Å². The van der Waals surface area contributed by atoms with Gasteiger partial charge < -0.3 is 47.0 Å². The number of likely N-dealkylation sites (tertiary alicyclic amines) is 2. The number of hydrogen-bond acceptors (Lipinski definition) is 7. The number of carbonyl (C=O) groups is 6. The van der Waals surface area contributed by atoms with Gasteiger partial charge in [-0.05, 0) is 83.0 Å². The van der Waals surface area contributed by atoms with Gasteiger partial charge in [-0.25, -0.2) is 14.0 Å². The second-order valence-electron chi connectivity index (χ2n) is 17.9. The Kier molecular flexibility index (Phi) is 12.9. The van der Waals surface area contributed by atoms with Gasteiger partial charge in [-0.1, -0.05) is 90.1 Å². The molecule has 2 saturated heterocycles. The summed E-state index contributed by atoms with van der Waals surface area (Å²) in [6.45, 7) is 11.2. The molecule has 0 bridgehead atoms. The Morgan fingerprint density at radius 2 is 1.07 bits per heavy atom. The minimum atomic E-state index is -1.56. The number of nitrogens with two attached hydrogens (primary N) is 2. The molecule has 0 aliphatic carbocycles. The van der Waals surface area contributed by atoms with Gasteiger partial charge in [0.05, 0.1) is 0 Å². The fourth-order valence-corrected chi connectivity index (χ4v) is 8.67. The normalized spacial score (nSPS) is 20.2. The number of anilines is 1. The zero-order valence-corrected chi connectivity index (χ0v) is 35.0. The minimum absolute atomic E-state index is 0.181. The molecular weight excluding hydrogens is 774 g/mol. The van der Waals surface area contributed by atoms with E-state index in [1.807, 2.05) is 17.0 Å². The van der Waals surface area contributed by atoms with Crippen molar-refractivity contribution in [3.63, 3.8) is 0 Å². The van der Waals surface area contributed by atoms with E-state index in [-0.39, 0.29) is 39.0 Å². The van der Waals surface area contributed by atoms with E-state index in [9.17, 15) is 43.4 Å². The second-order valence-corrected chi connectivity index (χ2v) is 17.9. The van der Waals surface area contributed by atoms with Crippen molar-refractivity contribution in [3.8, 4) is 0 Å². The first-order valence-corrected chi connectivity index (χ1v) is 19.9. The predicted octanol–water partition coefficient (Wildman–Crippen LogP) is 5.00. The van der Waals surface area contributed by atoms with Gasteiger partial charge in [0.1, 0.15) is 29.0 Å². The average molecular weight is 830 g/mol. The van der Waals surface area contributed by atoms with Gasteiger partial charge in [-0.2, -0.15) is 0 Å². The Morgan fingerprint density at radius 1 is 0.683 bits per heavy atom. The summed E-state index contributed by atoms with van der Waals surface area (Å²) in [5, 5.41) is 23.8. The number of primary amides is 2. The molecule has 60 heavy (non-hydrogen) atoms. The van der Waals surface area contributed by atoms with Crippen LogP contribution in [-0.4, -0.2) is 81.0 Å². The number of benzene rings is 3. The van der Waals surface area contributed by atoms with Crippen molar-refractivity contribution in [2.45, 2.75) is 103 Å². The number of carbonyl (C=O) groups excluding carboxylic acids is 4. The lowest BCUT2D eigenvalue weighted by atomic mass is 9.82. The van der Waals surface area contributed by atoms with Gasteiger partial charge in [0, 0.05) is 31.9 Å². The van der Waals surface area contributed by atoms with E-state index in [4.69, 9.17) is 11.5 Å². The van der Waals surface area contributed by atoms with Crippen molar-refractivity contribution in [2.24, 2.45) is 22.3 Å². The fourth-order valence-electron chi connectivity index (χ4n) is 8.67. The maximum Gasteiger partial charge on any atom is 0.405 e. The quantitative estimate of drug-likeness (QED) is 0.136. The molecule has 8 N–H and O–H groups in total. The number of amides is 6. The van der Waals surface area contributed by atoms with Gasteiger partial charge in [0.2, 0.25) is 23.6 Å². The van der Waals surface area contributed by atoms with Crippen molar-refractivity contribution in [1.82, 2.24) is 20.4 Å². The number of halogens is 1. The van der Waals surface area contributed by atoms with Crippen molar-refractivity contribution < 1.29 is 43.4 Å². The third kappa shape index (κ3) is 9.01. The Bertz CT molecular complexity index is 2010. The number of rotatable bonds is 13. The molecule has 4 atom stereocenters. The molecule has 0 radical (unpaired) electrons. The van der Waals surface area contributed by atoms with E-state index in [1.165, 1.54) is 21.9 Å². The summed E-state index contributed by atoms with van der Waals surface area (Å²) in [5.74, 6) is -3.08. The van der Waals surface area contributed by atoms with Gasteiger partial charge in [0.15, 0.2) is 0 Å². The summed E-state index contributed by atoms with van der Waals surface area (Å²) < 4.78 is 14.3. The summed E-state index contributed by atoms with van der Waals surface area (Å²) in [4.78, 5) is 83.6. The summed E-state index contributed by atoms with van der Waals surface area (Å²) in [6, 6.07) is 17.8. The minimum Gasteiger partial charge on any atom is -0.465 e. The maximum atomic E-state index is 14.3. The molecule has 2 heterocycles. The molecule has 6 amide bonds. The lowest BCUT2D eigenvalue weighted by Gasteiger charge is -2.41. The third-order valence-corrected chi connectivity index (χ3v) is 11.6. The van der Waals surface area contributed by atoms with Gasteiger partial charge in [0.25, 0.3) is 0 Å². The van der Waals surface area contributed by atoms with Crippen molar-refractivity contribution in [3.05, 3.63) is 101 Å². The van der Waals surface area contributed by atoms with Crippen molar-refractivity contribution in [2.75, 3.05) is 18.0 Å². The van der Waals surface area contributed by atoms with Crippen LogP contribution >= 0.6 is 0 Å². The van der Waals surface area contributed by atoms with Crippen LogP contribution in [0.25, 0.3) is 0 Å². The van der Waals surface area contributed by atoms with Crippen molar-refractivity contribution >= 4 is 41.5 Å². The van der Waals surface area contributed by atoms with Gasteiger partial charge >= 0.3 is 12.2 Å². The molecule has 322 valence electrons. The van der Waals surface area contributed by atoms with Crippen LogP contribution in [0.4, 0.5) is 19.7 Å². The zero-order valence-electron chi connectivity index (χ0n) is 35.0. The van der Waals surface area contributed by atoms with Gasteiger partial charge in [-0.15, -0.1) is 0 Å². The largest absolute Gasteiger partial charge is 0.465 e.